The largest absolute Gasteiger partial charge is 0.493 e. The van der Waals surface area contributed by atoms with Gasteiger partial charge in [-0.15, -0.1) is 0 Å². The van der Waals surface area contributed by atoms with Gasteiger partial charge in [-0.1, -0.05) is 36.4 Å². The van der Waals surface area contributed by atoms with E-state index in [9.17, 15) is 9.59 Å². The highest BCUT2D eigenvalue weighted by atomic mass is 19.1. The summed E-state index contributed by atoms with van der Waals surface area (Å²) >= 11 is 0. The molecular weight excluding hydrogens is 499 g/mol. The summed E-state index contributed by atoms with van der Waals surface area (Å²) in [6.07, 6.45) is 0. The minimum absolute atomic E-state index is 0.237. The Morgan fingerprint density at radius 3 is 2.10 bits per heavy atom. The lowest BCUT2D eigenvalue weighted by Crippen LogP contribution is -2.44. The zero-order valence-electron chi connectivity index (χ0n) is 21.7. The number of nitrogens with one attached hydrogen (secondary N) is 1. The molecule has 198 valence electrons. The van der Waals surface area contributed by atoms with Gasteiger partial charge in [-0.2, -0.15) is 0 Å². The average Bonchev–Trinajstić information content (AvgIpc) is 2.96. The van der Waals surface area contributed by atoms with Gasteiger partial charge in [-0.25, -0.2) is 4.39 Å². The highest BCUT2D eigenvalue weighted by molar-refractivity contribution is 6.05. The van der Waals surface area contributed by atoms with E-state index < -0.39 is 23.7 Å². The highest BCUT2D eigenvalue weighted by Crippen LogP contribution is 2.46. The van der Waals surface area contributed by atoms with Crippen LogP contribution in [-0.2, 0) is 4.79 Å². The SMILES string of the molecule is COc1cc2c(cc1OC)[C@H](C(=O)Nc1ccc(Oc3ccccc3)cc1)[C@H](c1ccccc1F)N(C)C2=O. The number of methoxy groups -OCH3 is 2. The van der Waals surface area contributed by atoms with Crippen LogP contribution < -0.4 is 19.5 Å². The molecule has 2 atom stereocenters. The van der Waals surface area contributed by atoms with Gasteiger partial charge >= 0.3 is 0 Å². The Morgan fingerprint density at radius 2 is 1.44 bits per heavy atom. The lowest BCUT2D eigenvalue weighted by atomic mass is 9.79. The molecule has 0 fully saturated rings. The van der Waals surface area contributed by atoms with Crippen LogP contribution in [0, 0.1) is 5.82 Å². The van der Waals surface area contributed by atoms with Gasteiger partial charge in [0.05, 0.1) is 26.2 Å². The second-order valence-corrected chi connectivity index (χ2v) is 9.08. The summed E-state index contributed by atoms with van der Waals surface area (Å²) in [5.74, 6) is -0.201. The van der Waals surface area contributed by atoms with Crippen molar-refractivity contribution in [3.05, 3.63) is 114 Å². The third kappa shape index (κ3) is 5.01. The number of carbonyl (C=O) groups is 2. The Kier molecular flexibility index (Phi) is 7.19. The number of nitrogens with zero attached hydrogens (tertiary/aromatic N) is 1. The first-order valence-electron chi connectivity index (χ1n) is 12.3. The number of benzene rings is 4. The molecule has 1 N–H and O–H groups in total. The number of halogens is 1. The number of amides is 2. The second-order valence-electron chi connectivity index (χ2n) is 9.08. The van der Waals surface area contributed by atoms with Gasteiger partial charge < -0.3 is 24.4 Å². The van der Waals surface area contributed by atoms with E-state index in [1.807, 2.05) is 30.3 Å². The molecule has 0 spiro atoms. The van der Waals surface area contributed by atoms with Gasteiger partial charge in [-0.3, -0.25) is 9.59 Å². The second kappa shape index (κ2) is 10.9. The van der Waals surface area contributed by atoms with E-state index in [1.165, 1.54) is 25.2 Å². The number of para-hydroxylation sites is 1. The standard InChI is InChI=1S/C31H27FN2O5/c1-34-29(22-11-7-8-12-25(22)32)28(23-17-26(37-2)27(38-3)18-24(23)31(34)36)30(35)33-19-13-15-21(16-14-19)39-20-9-5-4-6-10-20/h4-18,28-29H,1-3H3,(H,33,35)/t28-,29-/m0/s1. The molecule has 0 aliphatic carbocycles. The van der Waals surface area contributed by atoms with Crippen molar-refractivity contribution in [2.75, 3.05) is 26.6 Å². The fraction of sp³-hybridized carbons (Fsp3) is 0.161. The third-order valence-electron chi connectivity index (χ3n) is 6.78. The van der Waals surface area contributed by atoms with Crippen molar-refractivity contribution in [1.82, 2.24) is 4.90 Å². The zero-order chi connectivity index (χ0) is 27.5. The molecule has 0 radical (unpaired) electrons. The van der Waals surface area contributed by atoms with Gasteiger partial charge in [-0.05, 0) is 60.2 Å². The Labute approximate surface area is 225 Å². The topological polar surface area (TPSA) is 77.1 Å². The maximum atomic E-state index is 15.1. The van der Waals surface area contributed by atoms with Crippen LogP contribution in [0.3, 0.4) is 0 Å². The van der Waals surface area contributed by atoms with Crippen molar-refractivity contribution in [3.8, 4) is 23.0 Å². The molecule has 0 bridgehead atoms. The van der Waals surface area contributed by atoms with E-state index in [0.717, 1.165) is 0 Å². The molecule has 0 aromatic heterocycles. The molecule has 4 aromatic carbocycles. The normalized spacial score (nSPS) is 16.3. The summed E-state index contributed by atoms with van der Waals surface area (Å²) in [5.41, 5.74) is 1.47. The predicted molar refractivity (Wildman–Crippen MR) is 145 cm³/mol. The van der Waals surface area contributed by atoms with Crippen molar-refractivity contribution in [3.63, 3.8) is 0 Å². The Bertz CT molecular complexity index is 1510. The number of hydrogen-bond donors (Lipinski definition) is 1. The molecule has 7 nitrogen and oxygen atoms in total. The maximum absolute atomic E-state index is 15.1. The monoisotopic (exact) mass is 526 g/mol. The van der Waals surface area contributed by atoms with Crippen LogP contribution >= 0.6 is 0 Å². The third-order valence-corrected chi connectivity index (χ3v) is 6.78. The number of rotatable bonds is 7. The van der Waals surface area contributed by atoms with Gasteiger partial charge in [0, 0.05) is 23.9 Å². The van der Waals surface area contributed by atoms with E-state index >= 15 is 4.39 Å². The van der Waals surface area contributed by atoms with E-state index in [1.54, 1.807) is 61.6 Å². The summed E-state index contributed by atoms with van der Waals surface area (Å²) < 4.78 is 31.8. The molecule has 2 amide bonds. The lowest BCUT2D eigenvalue weighted by molar-refractivity contribution is -0.119. The van der Waals surface area contributed by atoms with E-state index in [2.05, 4.69) is 5.32 Å². The minimum Gasteiger partial charge on any atom is -0.493 e. The summed E-state index contributed by atoms with van der Waals surface area (Å²) in [5, 5.41) is 2.94. The van der Waals surface area contributed by atoms with Gasteiger partial charge in [0.1, 0.15) is 17.3 Å². The number of anilines is 1. The molecule has 5 rings (SSSR count). The first kappa shape index (κ1) is 25.8. The summed E-state index contributed by atoms with van der Waals surface area (Å²) in [7, 11) is 4.51. The van der Waals surface area contributed by atoms with Gasteiger partial charge in [0.25, 0.3) is 5.91 Å². The van der Waals surface area contributed by atoms with Crippen LogP contribution in [0.1, 0.15) is 33.4 Å². The zero-order valence-corrected chi connectivity index (χ0v) is 21.7. The highest BCUT2D eigenvalue weighted by Gasteiger charge is 2.44. The summed E-state index contributed by atoms with van der Waals surface area (Å²) in [6.45, 7) is 0. The molecule has 0 unspecified atom stereocenters. The van der Waals surface area contributed by atoms with Crippen LogP contribution in [0.25, 0.3) is 0 Å². The van der Waals surface area contributed by atoms with Crippen LogP contribution in [-0.4, -0.2) is 38.0 Å². The van der Waals surface area contributed by atoms with E-state index in [4.69, 9.17) is 14.2 Å². The molecule has 0 saturated heterocycles. The minimum atomic E-state index is -0.945. The Balaban J connectivity index is 1.53. The summed E-state index contributed by atoms with van der Waals surface area (Å²) in [6, 6.07) is 24.7. The number of fused-ring (bicyclic) bond motifs is 1. The van der Waals surface area contributed by atoms with Crippen LogP contribution in [0.4, 0.5) is 10.1 Å². The van der Waals surface area contributed by atoms with Gasteiger partial charge in [0.15, 0.2) is 11.5 Å². The van der Waals surface area contributed by atoms with Crippen LogP contribution in [0.5, 0.6) is 23.0 Å². The molecule has 39 heavy (non-hydrogen) atoms. The van der Waals surface area contributed by atoms with Crippen molar-refractivity contribution in [2.45, 2.75) is 12.0 Å². The number of carbonyl (C=O) groups excluding carboxylic acids is 2. The smallest absolute Gasteiger partial charge is 0.254 e. The summed E-state index contributed by atoms with van der Waals surface area (Å²) in [4.78, 5) is 28.8. The molecule has 0 saturated carbocycles. The molecule has 8 heteroatoms. The lowest BCUT2D eigenvalue weighted by Gasteiger charge is -2.40. The maximum Gasteiger partial charge on any atom is 0.254 e. The fourth-order valence-corrected chi connectivity index (χ4v) is 4.89. The molecule has 4 aromatic rings. The van der Waals surface area contributed by atoms with Crippen molar-refractivity contribution in [2.24, 2.45) is 0 Å². The van der Waals surface area contributed by atoms with E-state index in [0.29, 0.717) is 34.2 Å². The average molecular weight is 527 g/mol. The number of ether oxygens (including phenoxy) is 3. The van der Waals surface area contributed by atoms with Gasteiger partial charge in [0.2, 0.25) is 5.91 Å². The molecular formula is C31H27FN2O5. The molecule has 1 aliphatic rings. The van der Waals surface area contributed by atoms with Crippen molar-refractivity contribution in [1.29, 1.82) is 0 Å². The quantitative estimate of drug-likeness (QED) is 0.311. The van der Waals surface area contributed by atoms with Crippen LogP contribution in [0.2, 0.25) is 0 Å². The number of likely N-dealkylation sites (N-methyl/N-ethyl adjacent to an activating group) is 1. The van der Waals surface area contributed by atoms with E-state index in [-0.39, 0.29) is 17.0 Å². The Morgan fingerprint density at radius 1 is 0.821 bits per heavy atom. The Hall–Kier alpha value is -4.85. The first-order chi connectivity index (χ1) is 18.9. The first-order valence-corrected chi connectivity index (χ1v) is 12.3. The van der Waals surface area contributed by atoms with Crippen molar-refractivity contribution >= 4 is 17.5 Å². The predicted octanol–water partition coefficient (Wildman–Crippen LogP) is 6.18. The molecule has 1 aliphatic heterocycles. The van der Waals surface area contributed by atoms with Crippen LogP contribution in [0.15, 0.2) is 91.0 Å². The van der Waals surface area contributed by atoms with Crippen molar-refractivity contribution < 1.29 is 28.2 Å². The number of hydrogen-bond acceptors (Lipinski definition) is 5. The molecule has 1 heterocycles. The fourth-order valence-electron chi connectivity index (χ4n) is 4.89.